The summed E-state index contributed by atoms with van der Waals surface area (Å²) >= 11 is 1.40. The first-order valence-corrected chi connectivity index (χ1v) is 7.17. The van der Waals surface area contributed by atoms with Crippen LogP contribution in [0.1, 0.15) is 16.6 Å². The lowest BCUT2D eigenvalue weighted by molar-refractivity contribution is 0.0753. The molecular weight excluding hydrogens is 275 g/mol. The molecule has 2 aromatic rings. The average molecular weight is 292 g/mol. The van der Waals surface area contributed by atoms with Crippen LogP contribution in [0.4, 0.5) is 4.39 Å². The fourth-order valence-corrected chi connectivity index (χ4v) is 2.75. The van der Waals surface area contributed by atoms with Crippen LogP contribution in [0.3, 0.4) is 0 Å². The van der Waals surface area contributed by atoms with Crippen molar-refractivity contribution >= 4 is 17.2 Å². The summed E-state index contributed by atoms with van der Waals surface area (Å²) < 4.78 is 12.9. The van der Waals surface area contributed by atoms with E-state index in [1.165, 1.54) is 23.5 Å². The molecule has 0 aliphatic rings. The number of thiophene rings is 1. The normalized spacial score (nSPS) is 12.2. The molecule has 0 spiro atoms. The number of nitrogens with zero attached hydrogens (tertiary/aromatic N) is 1. The molecule has 0 saturated heterocycles. The van der Waals surface area contributed by atoms with E-state index in [1.807, 2.05) is 13.0 Å². The molecule has 2 N–H and O–H groups in total. The number of hydrogen-bond donors (Lipinski definition) is 1. The van der Waals surface area contributed by atoms with Gasteiger partial charge in [-0.15, -0.1) is 11.3 Å². The van der Waals surface area contributed by atoms with Crippen molar-refractivity contribution < 1.29 is 9.18 Å². The molecule has 0 bridgehead atoms. The maximum atomic E-state index is 12.9. The molecule has 0 aliphatic carbocycles. The van der Waals surface area contributed by atoms with Crippen molar-refractivity contribution in [1.82, 2.24) is 4.90 Å². The van der Waals surface area contributed by atoms with E-state index in [0.717, 1.165) is 10.4 Å². The van der Waals surface area contributed by atoms with E-state index in [-0.39, 0.29) is 17.8 Å². The Labute approximate surface area is 121 Å². The number of benzene rings is 1. The van der Waals surface area contributed by atoms with Crippen molar-refractivity contribution in [1.29, 1.82) is 0 Å². The number of halogens is 1. The van der Waals surface area contributed by atoms with E-state index < -0.39 is 0 Å². The van der Waals surface area contributed by atoms with Crippen LogP contribution in [-0.4, -0.2) is 30.4 Å². The molecule has 106 valence electrons. The van der Waals surface area contributed by atoms with Gasteiger partial charge in [-0.2, -0.15) is 0 Å². The fraction of sp³-hybridized carbons (Fsp3) is 0.267. The van der Waals surface area contributed by atoms with Crippen LogP contribution in [-0.2, 0) is 0 Å². The van der Waals surface area contributed by atoms with Crippen LogP contribution in [0.5, 0.6) is 0 Å². The van der Waals surface area contributed by atoms with E-state index in [1.54, 1.807) is 30.1 Å². The molecule has 1 heterocycles. The van der Waals surface area contributed by atoms with Crippen molar-refractivity contribution in [2.24, 2.45) is 5.73 Å². The Morgan fingerprint density at radius 2 is 1.95 bits per heavy atom. The molecule has 1 amide bonds. The number of likely N-dealkylation sites (N-methyl/N-ethyl adjacent to an activating group) is 1. The monoisotopic (exact) mass is 292 g/mol. The van der Waals surface area contributed by atoms with Crippen molar-refractivity contribution in [3.05, 3.63) is 47.1 Å². The summed E-state index contributed by atoms with van der Waals surface area (Å²) in [5.74, 6) is -0.306. The van der Waals surface area contributed by atoms with Crippen LogP contribution < -0.4 is 5.73 Å². The summed E-state index contributed by atoms with van der Waals surface area (Å²) in [4.78, 5) is 15.5. The lowest BCUT2D eigenvalue weighted by Gasteiger charge is -2.22. The van der Waals surface area contributed by atoms with E-state index >= 15 is 0 Å². The summed E-state index contributed by atoms with van der Waals surface area (Å²) in [6.45, 7) is 2.34. The topological polar surface area (TPSA) is 46.3 Å². The predicted octanol–water partition coefficient (Wildman–Crippen LogP) is 2.97. The third kappa shape index (κ3) is 3.05. The van der Waals surface area contributed by atoms with Crippen LogP contribution in [0.15, 0.2) is 36.4 Å². The summed E-state index contributed by atoms with van der Waals surface area (Å²) in [6, 6.07) is 9.93. The zero-order chi connectivity index (χ0) is 14.7. The second kappa shape index (κ2) is 6.15. The van der Waals surface area contributed by atoms with Gasteiger partial charge in [0.1, 0.15) is 5.82 Å². The Hall–Kier alpha value is -1.72. The van der Waals surface area contributed by atoms with Crippen LogP contribution in [0.25, 0.3) is 10.4 Å². The highest BCUT2D eigenvalue weighted by Crippen LogP contribution is 2.29. The van der Waals surface area contributed by atoms with Gasteiger partial charge in [0.05, 0.1) is 4.88 Å². The standard InChI is InChI=1S/C15H17FN2OS/c1-10(9-17)18(2)15(19)14-8-7-13(20-14)11-3-5-12(16)6-4-11/h3-8,10H,9,17H2,1-2H3. The van der Waals surface area contributed by atoms with Gasteiger partial charge in [-0.1, -0.05) is 12.1 Å². The summed E-state index contributed by atoms with van der Waals surface area (Å²) in [5.41, 5.74) is 6.48. The fourth-order valence-electron chi connectivity index (χ4n) is 1.75. The highest BCUT2D eigenvalue weighted by molar-refractivity contribution is 7.17. The molecule has 1 aromatic heterocycles. The highest BCUT2D eigenvalue weighted by Gasteiger charge is 2.18. The van der Waals surface area contributed by atoms with Gasteiger partial charge in [-0.3, -0.25) is 4.79 Å². The first kappa shape index (κ1) is 14.7. The molecule has 3 nitrogen and oxygen atoms in total. The van der Waals surface area contributed by atoms with Gasteiger partial charge in [-0.25, -0.2) is 4.39 Å². The smallest absolute Gasteiger partial charge is 0.263 e. The molecule has 5 heteroatoms. The number of hydrogen-bond acceptors (Lipinski definition) is 3. The SMILES string of the molecule is CC(CN)N(C)C(=O)c1ccc(-c2ccc(F)cc2)s1. The van der Waals surface area contributed by atoms with E-state index in [0.29, 0.717) is 11.4 Å². The third-order valence-corrected chi connectivity index (χ3v) is 4.39. The maximum Gasteiger partial charge on any atom is 0.263 e. The third-order valence-electron chi connectivity index (χ3n) is 3.27. The van der Waals surface area contributed by atoms with Gasteiger partial charge < -0.3 is 10.6 Å². The largest absolute Gasteiger partial charge is 0.337 e. The Morgan fingerprint density at radius 3 is 2.55 bits per heavy atom. The zero-order valence-electron chi connectivity index (χ0n) is 11.5. The molecule has 0 radical (unpaired) electrons. The van der Waals surface area contributed by atoms with Gasteiger partial charge >= 0.3 is 0 Å². The Morgan fingerprint density at radius 1 is 1.30 bits per heavy atom. The average Bonchev–Trinajstić information content (AvgIpc) is 2.95. The van der Waals surface area contributed by atoms with E-state index in [9.17, 15) is 9.18 Å². The molecule has 1 atom stereocenters. The van der Waals surface area contributed by atoms with E-state index in [2.05, 4.69) is 0 Å². The van der Waals surface area contributed by atoms with Gasteiger partial charge in [0.25, 0.3) is 5.91 Å². The molecule has 20 heavy (non-hydrogen) atoms. The number of rotatable bonds is 4. The first-order valence-electron chi connectivity index (χ1n) is 6.36. The lowest BCUT2D eigenvalue weighted by atomic mass is 10.2. The van der Waals surface area contributed by atoms with Gasteiger partial charge in [-0.05, 0) is 36.8 Å². The number of carbonyl (C=O) groups is 1. The van der Waals surface area contributed by atoms with Crippen molar-refractivity contribution in [2.45, 2.75) is 13.0 Å². The van der Waals surface area contributed by atoms with E-state index in [4.69, 9.17) is 5.73 Å². The van der Waals surface area contributed by atoms with Gasteiger partial charge in [0.15, 0.2) is 0 Å². The minimum atomic E-state index is -0.266. The second-order valence-corrected chi connectivity index (χ2v) is 5.76. The van der Waals surface area contributed by atoms with Crippen LogP contribution in [0.2, 0.25) is 0 Å². The molecule has 0 aliphatic heterocycles. The number of amides is 1. The lowest BCUT2D eigenvalue weighted by Crippen LogP contribution is -2.39. The number of nitrogens with two attached hydrogens (primary N) is 1. The number of carbonyl (C=O) groups excluding carboxylic acids is 1. The molecule has 0 saturated carbocycles. The molecular formula is C15H17FN2OS. The van der Waals surface area contributed by atoms with Crippen molar-refractivity contribution in [2.75, 3.05) is 13.6 Å². The minimum absolute atomic E-state index is 0.00105. The minimum Gasteiger partial charge on any atom is -0.337 e. The molecule has 0 fully saturated rings. The Balaban J connectivity index is 2.20. The van der Waals surface area contributed by atoms with Crippen LogP contribution in [0, 0.1) is 5.82 Å². The molecule has 1 aromatic carbocycles. The van der Waals surface area contributed by atoms with Crippen LogP contribution >= 0.6 is 11.3 Å². The summed E-state index contributed by atoms with van der Waals surface area (Å²) in [5, 5.41) is 0. The predicted molar refractivity (Wildman–Crippen MR) is 80.3 cm³/mol. The quantitative estimate of drug-likeness (QED) is 0.941. The first-order chi connectivity index (χ1) is 9.52. The van der Waals surface area contributed by atoms with Crippen molar-refractivity contribution in [3.8, 4) is 10.4 Å². The maximum absolute atomic E-state index is 12.9. The Kier molecular flexibility index (Phi) is 4.52. The molecule has 1 unspecified atom stereocenters. The van der Waals surface area contributed by atoms with Gasteiger partial charge in [0.2, 0.25) is 0 Å². The van der Waals surface area contributed by atoms with Gasteiger partial charge in [0, 0.05) is 24.5 Å². The Bertz CT molecular complexity index is 594. The second-order valence-electron chi connectivity index (χ2n) is 4.67. The summed E-state index contributed by atoms with van der Waals surface area (Å²) in [6.07, 6.45) is 0. The highest BCUT2D eigenvalue weighted by atomic mass is 32.1. The molecule has 2 rings (SSSR count). The summed E-state index contributed by atoms with van der Waals surface area (Å²) in [7, 11) is 1.75. The zero-order valence-corrected chi connectivity index (χ0v) is 12.3. The van der Waals surface area contributed by atoms with Crippen molar-refractivity contribution in [3.63, 3.8) is 0 Å².